The highest BCUT2D eigenvalue weighted by Crippen LogP contribution is 2.20. The molecule has 1 atom stereocenters. The van der Waals surface area contributed by atoms with Crippen LogP contribution in [-0.2, 0) is 0 Å². The third kappa shape index (κ3) is 4.44. The largest absolute Gasteiger partial charge is 0.337 e. The Kier molecular flexibility index (Phi) is 7.21. The summed E-state index contributed by atoms with van der Waals surface area (Å²) in [6.07, 6.45) is 2.02. The third-order valence-electron chi connectivity index (χ3n) is 4.63. The highest BCUT2D eigenvalue weighted by molar-refractivity contribution is 6.30. The number of hydrogen-bond acceptors (Lipinski definition) is 3. The van der Waals surface area contributed by atoms with Gasteiger partial charge < -0.3 is 10.2 Å². The molecule has 0 bridgehead atoms. The minimum Gasteiger partial charge on any atom is -0.337 e. The Morgan fingerprint density at radius 1 is 1.08 bits per heavy atom. The summed E-state index contributed by atoms with van der Waals surface area (Å²) in [6, 6.07) is 14.1. The molecule has 138 valence electrons. The fraction of sp³-hybridized carbons (Fsp3) is 0.300. The summed E-state index contributed by atoms with van der Waals surface area (Å²) in [6.45, 7) is 1.39. The van der Waals surface area contributed by atoms with Crippen molar-refractivity contribution in [1.82, 2.24) is 10.2 Å². The van der Waals surface area contributed by atoms with E-state index in [0.717, 1.165) is 19.4 Å². The van der Waals surface area contributed by atoms with Gasteiger partial charge in [0.05, 0.1) is 5.56 Å². The van der Waals surface area contributed by atoms with Crippen LogP contribution in [0.15, 0.2) is 48.5 Å². The lowest BCUT2D eigenvalue weighted by Gasteiger charge is -2.33. The lowest BCUT2D eigenvalue weighted by atomic mass is 9.96. The van der Waals surface area contributed by atoms with E-state index in [1.54, 1.807) is 48.5 Å². The molecule has 0 aliphatic carbocycles. The fourth-order valence-electron chi connectivity index (χ4n) is 3.19. The number of amides is 1. The van der Waals surface area contributed by atoms with Gasteiger partial charge in [-0.3, -0.25) is 9.59 Å². The second kappa shape index (κ2) is 9.17. The molecule has 0 saturated carbocycles. The molecular formula is C20H22Cl2N2O2. The number of nitrogens with one attached hydrogen (secondary N) is 1. The first-order valence-electron chi connectivity index (χ1n) is 8.46. The average Bonchev–Trinajstić information content (AvgIpc) is 2.67. The second-order valence-corrected chi connectivity index (χ2v) is 6.70. The predicted molar refractivity (Wildman–Crippen MR) is 107 cm³/mol. The summed E-state index contributed by atoms with van der Waals surface area (Å²) in [5, 5.41) is 3.81. The van der Waals surface area contributed by atoms with Crippen molar-refractivity contribution in [3.05, 3.63) is 70.2 Å². The van der Waals surface area contributed by atoms with Crippen LogP contribution in [0.5, 0.6) is 0 Å². The van der Waals surface area contributed by atoms with E-state index in [4.69, 9.17) is 11.6 Å². The van der Waals surface area contributed by atoms with Crippen LogP contribution in [-0.4, -0.2) is 42.8 Å². The van der Waals surface area contributed by atoms with E-state index < -0.39 is 0 Å². The van der Waals surface area contributed by atoms with Gasteiger partial charge in [-0.15, -0.1) is 12.4 Å². The minimum absolute atomic E-state index is 0. The van der Waals surface area contributed by atoms with Crippen LogP contribution in [0.4, 0.5) is 0 Å². The monoisotopic (exact) mass is 392 g/mol. The average molecular weight is 393 g/mol. The highest BCUT2D eigenvalue weighted by atomic mass is 35.5. The van der Waals surface area contributed by atoms with Crippen molar-refractivity contribution in [2.24, 2.45) is 0 Å². The summed E-state index contributed by atoms with van der Waals surface area (Å²) >= 11 is 5.90. The summed E-state index contributed by atoms with van der Waals surface area (Å²) < 4.78 is 0. The quantitative estimate of drug-likeness (QED) is 0.804. The molecule has 0 spiro atoms. The van der Waals surface area contributed by atoms with Crippen molar-refractivity contribution in [3.63, 3.8) is 0 Å². The van der Waals surface area contributed by atoms with E-state index in [1.165, 1.54) is 0 Å². The first kappa shape index (κ1) is 20.4. The number of likely N-dealkylation sites (N-methyl/N-ethyl adjacent to an activating group) is 1. The Hall–Kier alpha value is -1.88. The van der Waals surface area contributed by atoms with E-state index in [2.05, 4.69) is 5.32 Å². The minimum atomic E-state index is -0.164. The molecule has 1 unspecified atom stereocenters. The van der Waals surface area contributed by atoms with Gasteiger partial charge in [0.2, 0.25) is 0 Å². The number of nitrogens with zero attached hydrogens (tertiary/aromatic N) is 1. The first-order valence-corrected chi connectivity index (χ1v) is 8.84. The van der Waals surface area contributed by atoms with E-state index in [9.17, 15) is 9.59 Å². The van der Waals surface area contributed by atoms with Crippen LogP contribution < -0.4 is 5.32 Å². The summed E-state index contributed by atoms with van der Waals surface area (Å²) in [4.78, 5) is 27.7. The zero-order valence-electron chi connectivity index (χ0n) is 14.6. The number of likely N-dealkylation sites (tertiary alicyclic amines) is 1. The van der Waals surface area contributed by atoms with Crippen molar-refractivity contribution >= 4 is 35.7 Å². The van der Waals surface area contributed by atoms with Crippen LogP contribution in [0.3, 0.4) is 0 Å². The molecule has 26 heavy (non-hydrogen) atoms. The standard InChI is InChI=1S/C20H21ClN2O2.ClH/c1-22-16-5-4-12-23(13-16)20(25)18-7-3-2-6-17(18)19(24)14-8-10-15(21)11-9-14;/h2-3,6-11,16,22H,4-5,12-13H2,1H3;1H. The van der Waals surface area contributed by atoms with Gasteiger partial charge in [0.15, 0.2) is 5.78 Å². The van der Waals surface area contributed by atoms with Gasteiger partial charge in [0.25, 0.3) is 5.91 Å². The smallest absolute Gasteiger partial charge is 0.254 e. The molecule has 2 aromatic carbocycles. The van der Waals surface area contributed by atoms with Crippen LogP contribution in [0.1, 0.15) is 39.1 Å². The predicted octanol–water partition coefficient (Wildman–Crippen LogP) is 3.82. The van der Waals surface area contributed by atoms with E-state index in [-0.39, 0.29) is 24.1 Å². The number of rotatable bonds is 4. The molecular weight excluding hydrogens is 371 g/mol. The van der Waals surface area contributed by atoms with E-state index >= 15 is 0 Å². The molecule has 1 amide bonds. The summed E-state index contributed by atoms with van der Waals surface area (Å²) in [5.41, 5.74) is 1.41. The summed E-state index contributed by atoms with van der Waals surface area (Å²) in [7, 11) is 1.91. The van der Waals surface area contributed by atoms with Gasteiger partial charge in [0.1, 0.15) is 0 Å². The molecule has 1 aliphatic heterocycles. The Labute approximate surface area is 164 Å². The maximum atomic E-state index is 13.0. The van der Waals surface area contributed by atoms with Gasteiger partial charge in [-0.1, -0.05) is 29.8 Å². The maximum Gasteiger partial charge on any atom is 0.254 e. The van der Waals surface area contributed by atoms with Crippen molar-refractivity contribution < 1.29 is 9.59 Å². The van der Waals surface area contributed by atoms with Gasteiger partial charge in [-0.05, 0) is 50.2 Å². The molecule has 0 aromatic heterocycles. The third-order valence-corrected chi connectivity index (χ3v) is 4.88. The normalized spacial score (nSPS) is 16.7. The molecule has 1 heterocycles. The van der Waals surface area contributed by atoms with Crippen LogP contribution in [0.2, 0.25) is 5.02 Å². The van der Waals surface area contributed by atoms with Crippen LogP contribution >= 0.6 is 24.0 Å². The van der Waals surface area contributed by atoms with Crippen LogP contribution in [0.25, 0.3) is 0 Å². The van der Waals surface area contributed by atoms with Gasteiger partial charge >= 0.3 is 0 Å². The fourth-order valence-corrected chi connectivity index (χ4v) is 3.32. The summed E-state index contributed by atoms with van der Waals surface area (Å²) in [5.74, 6) is -0.249. The number of carbonyl (C=O) groups is 2. The SMILES string of the molecule is CNC1CCCN(C(=O)c2ccccc2C(=O)c2ccc(Cl)cc2)C1.Cl. The van der Waals surface area contributed by atoms with Crippen molar-refractivity contribution in [2.45, 2.75) is 18.9 Å². The van der Waals surface area contributed by atoms with E-state index in [0.29, 0.717) is 34.3 Å². The lowest BCUT2D eigenvalue weighted by molar-refractivity contribution is 0.0694. The molecule has 6 heteroatoms. The van der Waals surface area contributed by atoms with Gasteiger partial charge in [0, 0.05) is 35.3 Å². The molecule has 1 saturated heterocycles. The van der Waals surface area contributed by atoms with Gasteiger partial charge in [-0.2, -0.15) is 0 Å². The Morgan fingerprint density at radius 3 is 2.38 bits per heavy atom. The van der Waals surface area contributed by atoms with Crippen molar-refractivity contribution in [3.8, 4) is 0 Å². The first-order chi connectivity index (χ1) is 12.1. The number of carbonyl (C=O) groups excluding carboxylic acids is 2. The molecule has 1 fully saturated rings. The number of hydrogen-bond donors (Lipinski definition) is 1. The Bertz CT molecular complexity index is 778. The van der Waals surface area contributed by atoms with Gasteiger partial charge in [-0.25, -0.2) is 0 Å². The molecule has 0 radical (unpaired) electrons. The Morgan fingerprint density at radius 2 is 1.73 bits per heavy atom. The number of benzene rings is 2. The molecule has 1 N–H and O–H groups in total. The zero-order chi connectivity index (χ0) is 17.8. The Balaban J connectivity index is 0.00000243. The van der Waals surface area contributed by atoms with Crippen LogP contribution in [0, 0.1) is 0 Å². The maximum absolute atomic E-state index is 13.0. The highest BCUT2D eigenvalue weighted by Gasteiger charge is 2.26. The second-order valence-electron chi connectivity index (χ2n) is 6.26. The topological polar surface area (TPSA) is 49.4 Å². The molecule has 4 nitrogen and oxygen atoms in total. The van der Waals surface area contributed by atoms with E-state index in [1.807, 2.05) is 11.9 Å². The zero-order valence-corrected chi connectivity index (χ0v) is 16.1. The molecule has 1 aliphatic rings. The molecule has 2 aromatic rings. The lowest BCUT2D eigenvalue weighted by Crippen LogP contribution is -2.47. The molecule has 3 rings (SSSR count). The van der Waals surface area contributed by atoms with Crippen molar-refractivity contribution in [1.29, 1.82) is 0 Å². The number of ketones is 1. The number of piperidine rings is 1. The van der Waals surface area contributed by atoms with Crippen molar-refractivity contribution in [2.75, 3.05) is 20.1 Å². The number of halogens is 2.